The third kappa shape index (κ3) is 4.34. The molecule has 1 amide bonds. The minimum absolute atomic E-state index is 0.00325. The summed E-state index contributed by atoms with van der Waals surface area (Å²) in [6.07, 6.45) is 1.73. The van der Waals surface area contributed by atoms with Gasteiger partial charge in [-0.15, -0.1) is 0 Å². The highest BCUT2D eigenvalue weighted by Gasteiger charge is 2.20. The van der Waals surface area contributed by atoms with Gasteiger partial charge in [0.1, 0.15) is 17.6 Å². The second-order valence-corrected chi connectivity index (χ2v) is 8.29. The van der Waals surface area contributed by atoms with E-state index in [4.69, 9.17) is 10.00 Å². The highest BCUT2D eigenvalue weighted by Crippen LogP contribution is 2.30. The molecule has 1 aliphatic heterocycles. The number of likely N-dealkylation sites (N-methyl/N-ethyl adjacent to an activating group) is 1. The Hall–Kier alpha value is -4.22. The van der Waals surface area contributed by atoms with E-state index in [2.05, 4.69) is 26.9 Å². The number of piperazine rings is 1. The van der Waals surface area contributed by atoms with Crippen LogP contribution in [0.5, 0.6) is 5.75 Å². The van der Waals surface area contributed by atoms with Crippen LogP contribution in [-0.4, -0.2) is 70.5 Å². The molecule has 2 aromatic heterocycles. The number of rotatable bonds is 5. The molecule has 0 radical (unpaired) electrons. The lowest BCUT2D eigenvalue weighted by molar-refractivity contribution is 0.0664. The van der Waals surface area contributed by atoms with E-state index in [0.717, 1.165) is 48.4 Å². The predicted molar refractivity (Wildman–Crippen MR) is 129 cm³/mol. The van der Waals surface area contributed by atoms with Crippen LogP contribution in [0.15, 0.2) is 60.8 Å². The van der Waals surface area contributed by atoms with Crippen molar-refractivity contribution >= 4 is 17.1 Å². The summed E-state index contributed by atoms with van der Waals surface area (Å²) in [5.41, 5.74) is 4.85. The number of imidazole rings is 1. The molecule has 8 heteroatoms. The number of pyridine rings is 1. The molecule has 1 fully saturated rings. The third-order valence-electron chi connectivity index (χ3n) is 6.04. The maximum atomic E-state index is 12.8. The molecule has 0 aliphatic carbocycles. The van der Waals surface area contributed by atoms with Crippen LogP contribution in [0.2, 0.25) is 0 Å². The van der Waals surface area contributed by atoms with Gasteiger partial charge in [0.2, 0.25) is 0 Å². The predicted octanol–water partition coefficient (Wildman–Crippen LogP) is 3.58. The Balaban J connectivity index is 1.41. The fraction of sp³-hybridized carbons (Fsp3) is 0.231. The summed E-state index contributed by atoms with van der Waals surface area (Å²) >= 11 is 0. The number of nitrogens with zero attached hydrogens (tertiary/aromatic N) is 5. The number of nitrogens with one attached hydrogen (secondary N) is 1. The molecule has 8 nitrogen and oxygen atoms in total. The fourth-order valence-corrected chi connectivity index (χ4v) is 4.12. The van der Waals surface area contributed by atoms with Gasteiger partial charge in [-0.1, -0.05) is 24.3 Å². The van der Waals surface area contributed by atoms with Crippen molar-refractivity contribution in [3.8, 4) is 34.3 Å². The maximum absolute atomic E-state index is 12.8. The van der Waals surface area contributed by atoms with Crippen molar-refractivity contribution in [3.05, 3.63) is 66.4 Å². The largest absolute Gasteiger partial charge is 0.479 e. The molecule has 3 heterocycles. The summed E-state index contributed by atoms with van der Waals surface area (Å²) < 4.78 is 5.45. The highest BCUT2D eigenvalue weighted by atomic mass is 16.5. The van der Waals surface area contributed by atoms with Crippen molar-refractivity contribution in [3.63, 3.8) is 0 Å². The number of H-pyrrole nitrogens is 1. The van der Waals surface area contributed by atoms with Gasteiger partial charge < -0.3 is 19.5 Å². The van der Waals surface area contributed by atoms with E-state index in [1.165, 1.54) is 0 Å². The first kappa shape index (κ1) is 21.6. The number of hydrogen-bond acceptors (Lipinski definition) is 6. The minimum atomic E-state index is -0.00325. The van der Waals surface area contributed by atoms with Gasteiger partial charge in [-0.25, -0.2) is 9.97 Å². The van der Waals surface area contributed by atoms with E-state index in [-0.39, 0.29) is 12.5 Å². The van der Waals surface area contributed by atoms with Gasteiger partial charge in [-0.05, 0) is 42.9 Å². The lowest BCUT2D eigenvalue weighted by atomic mass is 10.1. The number of nitriles is 1. The number of carbonyl (C=O) groups excluding carboxylic acids is 1. The molecule has 1 aliphatic rings. The van der Waals surface area contributed by atoms with Crippen molar-refractivity contribution in [2.45, 2.75) is 0 Å². The van der Waals surface area contributed by atoms with Crippen LogP contribution in [0.3, 0.4) is 0 Å². The third-order valence-corrected chi connectivity index (χ3v) is 6.04. The molecule has 34 heavy (non-hydrogen) atoms. The zero-order valence-electron chi connectivity index (χ0n) is 18.9. The van der Waals surface area contributed by atoms with Crippen molar-refractivity contribution < 1.29 is 9.53 Å². The van der Waals surface area contributed by atoms with Gasteiger partial charge in [-0.2, -0.15) is 5.26 Å². The minimum Gasteiger partial charge on any atom is -0.479 e. The maximum Gasteiger partial charge on any atom is 0.253 e. The molecule has 0 spiro atoms. The molecule has 1 N–H and O–H groups in total. The van der Waals surface area contributed by atoms with Crippen LogP contribution in [0.1, 0.15) is 10.4 Å². The van der Waals surface area contributed by atoms with Crippen molar-refractivity contribution in [2.24, 2.45) is 0 Å². The number of amides is 1. The summed E-state index contributed by atoms with van der Waals surface area (Å²) in [6.45, 7) is 3.28. The quantitative estimate of drug-likeness (QED) is 0.497. The van der Waals surface area contributed by atoms with Gasteiger partial charge in [0, 0.05) is 49.1 Å². The van der Waals surface area contributed by atoms with Gasteiger partial charge in [0.05, 0.1) is 5.52 Å². The standard InChI is InChI=1S/C26H24N6O2/c1-31-12-14-32(15-13-31)26(33)19-7-5-18(6-8-19)24-29-23-22(9-11-28-25(23)30-24)20-3-2-4-21(17-20)34-16-10-27/h2-9,11,17H,12-16H2,1H3,(H,28,29,30). The number of fused-ring (bicyclic) bond motifs is 1. The fourth-order valence-electron chi connectivity index (χ4n) is 4.12. The van der Waals surface area contributed by atoms with E-state index in [0.29, 0.717) is 22.8 Å². The Bertz CT molecular complexity index is 1360. The van der Waals surface area contributed by atoms with Crippen LogP contribution in [0.25, 0.3) is 33.7 Å². The lowest BCUT2D eigenvalue weighted by Crippen LogP contribution is -2.47. The SMILES string of the molecule is CN1CCN(C(=O)c2ccc(-c3nc4nccc(-c5cccc(OCC#N)c5)c4[nH]3)cc2)CC1. The Morgan fingerprint density at radius 2 is 1.88 bits per heavy atom. The average molecular weight is 453 g/mol. The first-order chi connectivity index (χ1) is 16.6. The second kappa shape index (κ2) is 9.33. The average Bonchev–Trinajstić information content (AvgIpc) is 3.32. The van der Waals surface area contributed by atoms with E-state index >= 15 is 0 Å². The Morgan fingerprint density at radius 3 is 2.65 bits per heavy atom. The van der Waals surface area contributed by atoms with E-state index in [1.807, 2.05) is 65.6 Å². The smallest absolute Gasteiger partial charge is 0.253 e. The van der Waals surface area contributed by atoms with Crippen LogP contribution < -0.4 is 4.74 Å². The molecule has 1 saturated heterocycles. The van der Waals surface area contributed by atoms with Crippen molar-refractivity contribution in [1.82, 2.24) is 24.8 Å². The summed E-state index contributed by atoms with van der Waals surface area (Å²) in [5, 5.41) is 8.77. The number of aromatic amines is 1. The number of carbonyl (C=O) groups is 1. The first-order valence-corrected chi connectivity index (χ1v) is 11.2. The van der Waals surface area contributed by atoms with Crippen molar-refractivity contribution in [1.29, 1.82) is 5.26 Å². The Labute approximate surface area is 197 Å². The summed E-state index contributed by atoms with van der Waals surface area (Å²) in [5.74, 6) is 1.38. The van der Waals surface area contributed by atoms with Gasteiger partial charge in [-0.3, -0.25) is 4.79 Å². The van der Waals surface area contributed by atoms with Gasteiger partial charge in [0.15, 0.2) is 12.3 Å². The van der Waals surface area contributed by atoms with Crippen LogP contribution in [0.4, 0.5) is 0 Å². The molecule has 0 saturated carbocycles. The number of ether oxygens (including phenoxy) is 1. The summed E-state index contributed by atoms with van der Waals surface area (Å²) in [6, 6.07) is 19.0. The molecule has 170 valence electrons. The van der Waals surface area contributed by atoms with E-state index in [1.54, 1.807) is 6.20 Å². The Kier molecular flexibility index (Phi) is 5.93. The molecule has 2 aromatic carbocycles. The number of hydrogen-bond donors (Lipinski definition) is 1. The molecular formula is C26H24N6O2. The van der Waals surface area contributed by atoms with Gasteiger partial charge in [0.25, 0.3) is 5.91 Å². The molecule has 4 aromatic rings. The highest BCUT2D eigenvalue weighted by molar-refractivity contribution is 5.95. The van der Waals surface area contributed by atoms with Crippen molar-refractivity contribution in [2.75, 3.05) is 39.8 Å². The van der Waals surface area contributed by atoms with Crippen LogP contribution in [-0.2, 0) is 0 Å². The van der Waals surface area contributed by atoms with Crippen LogP contribution >= 0.6 is 0 Å². The second-order valence-electron chi connectivity index (χ2n) is 8.29. The van der Waals surface area contributed by atoms with E-state index in [9.17, 15) is 4.79 Å². The van der Waals surface area contributed by atoms with E-state index < -0.39 is 0 Å². The number of benzene rings is 2. The van der Waals surface area contributed by atoms with Gasteiger partial charge >= 0.3 is 0 Å². The monoisotopic (exact) mass is 452 g/mol. The zero-order valence-corrected chi connectivity index (χ0v) is 18.9. The number of aromatic nitrogens is 3. The lowest BCUT2D eigenvalue weighted by Gasteiger charge is -2.32. The molecule has 0 atom stereocenters. The molecular weight excluding hydrogens is 428 g/mol. The Morgan fingerprint density at radius 1 is 1.09 bits per heavy atom. The summed E-state index contributed by atoms with van der Waals surface area (Å²) in [4.78, 5) is 29.4. The molecule has 0 unspecified atom stereocenters. The molecule has 5 rings (SSSR count). The normalized spacial score (nSPS) is 14.2. The summed E-state index contributed by atoms with van der Waals surface area (Å²) in [7, 11) is 2.07. The van der Waals surface area contributed by atoms with Crippen LogP contribution in [0, 0.1) is 11.3 Å². The molecule has 0 bridgehead atoms. The topological polar surface area (TPSA) is 98.1 Å². The zero-order chi connectivity index (χ0) is 23.5. The first-order valence-electron chi connectivity index (χ1n) is 11.2.